The van der Waals surface area contributed by atoms with Crippen LogP contribution in [-0.2, 0) is 0 Å². The Labute approximate surface area is 104 Å². The van der Waals surface area contributed by atoms with E-state index < -0.39 is 0 Å². The number of benzene rings is 1. The van der Waals surface area contributed by atoms with Gasteiger partial charge in [-0.3, -0.25) is 0 Å². The van der Waals surface area contributed by atoms with Crippen molar-refractivity contribution in [2.75, 3.05) is 22.5 Å². The Morgan fingerprint density at radius 2 is 1.94 bits per heavy atom. The number of hydrogen-bond donors (Lipinski definition) is 4. The molecule has 1 saturated carbocycles. The molecule has 0 amide bonds. The molecule has 1 aliphatic heterocycles. The SMILES string of the molecule is Cc1c(N)c(N)c2c(c1N)NC1C(n3cc[n-]3)[C@H]21. The first kappa shape index (κ1) is 9.76. The summed E-state index contributed by atoms with van der Waals surface area (Å²) in [6.07, 6.45) is 3.76. The Balaban J connectivity index is 1.86. The minimum absolute atomic E-state index is 0.346. The molecule has 3 atom stereocenters. The molecule has 0 bridgehead atoms. The predicted octanol–water partition coefficient (Wildman–Crippen LogP) is 0.633. The second-order valence-corrected chi connectivity index (χ2v) is 5.13. The number of aromatic nitrogens is 2. The van der Waals surface area contributed by atoms with Gasteiger partial charge in [-0.1, -0.05) is 0 Å². The van der Waals surface area contributed by atoms with Gasteiger partial charge in [-0.15, -0.1) is 6.20 Å². The van der Waals surface area contributed by atoms with E-state index in [1.54, 1.807) is 6.20 Å². The topological polar surface area (TPSA) is 109 Å². The normalized spacial score (nSPS) is 27.7. The Morgan fingerprint density at radius 1 is 1.22 bits per heavy atom. The Morgan fingerprint density at radius 3 is 2.56 bits per heavy atom. The lowest BCUT2D eigenvalue weighted by Gasteiger charge is -2.25. The van der Waals surface area contributed by atoms with E-state index in [1.165, 1.54) is 0 Å². The van der Waals surface area contributed by atoms with Gasteiger partial charge in [-0.2, -0.15) is 0 Å². The zero-order chi connectivity index (χ0) is 12.6. The van der Waals surface area contributed by atoms with Crippen molar-refractivity contribution in [3.8, 4) is 0 Å². The summed E-state index contributed by atoms with van der Waals surface area (Å²) in [6, 6.07) is 0.700. The maximum atomic E-state index is 6.15. The highest BCUT2D eigenvalue weighted by Gasteiger charge is 2.57. The summed E-state index contributed by atoms with van der Waals surface area (Å²) in [5.74, 6) is 0.346. The Hall–Kier alpha value is -2.24. The van der Waals surface area contributed by atoms with E-state index >= 15 is 0 Å². The van der Waals surface area contributed by atoms with E-state index in [2.05, 4.69) is 10.4 Å². The van der Waals surface area contributed by atoms with Gasteiger partial charge in [-0.25, -0.2) is 0 Å². The van der Waals surface area contributed by atoms with Crippen molar-refractivity contribution in [2.45, 2.75) is 24.9 Å². The van der Waals surface area contributed by atoms with Crippen LogP contribution in [0.15, 0.2) is 12.4 Å². The van der Waals surface area contributed by atoms with Crippen LogP contribution in [0.4, 0.5) is 22.7 Å². The van der Waals surface area contributed by atoms with Crippen molar-refractivity contribution in [1.82, 2.24) is 9.78 Å². The van der Waals surface area contributed by atoms with E-state index in [4.69, 9.17) is 17.2 Å². The molecule has 6 nitrogen and oxygen atoms in total. The monoisotopic (exact) mass is 243 g/mol. The third-order valence-corrected chi connectivity index (χ3v) is 4.28. The zero-order valence-corrected chi connectivity index (χ0v) is 10.0. The van der Waals surface area contributed by atoms with Crippen LogP contribution in [0.2, 0.25) is 0 Å². The first-order valence-electron chi connectivity index (χ1n) is 6.00. The molecule has 2 aromatic rings. The molecule has 1 aromatic heterocycles. The second-order valence-electron chi connectivity index (χ2n) is 5.13. The van der Waals surface area contributed by atoms with Crippen LogP contribution in [0.5, 0.6) is 0 Å². The van der Waals surface area contributed by atoms with Crippen LogP contribution in [0.3, 0.4) is 0 Å². The molecule has 1 fully saturated rings. The van der Waals surface area contributed by atoms with Crippen molar-refractivity contribution >= 4 is 22.7 Å². The van der Waals surface area contributed by atoms with Crippen molar-refractivity contribution in [3.05, 3.63) is 23.5 Å². The molecule has 7 N–H and O–H groups in total. The number of nitrogens with one attached hydrogen (secondary N) is 1. The van der Waals surface area contributed by atoms with Gasteiger partial charge in [-0.05, 0) is 18.7 Å². The molecule has 6 heteroatoms. The molecular weight excluding hydrogens is 228 g/mol. The summed E-state index contributed by atoms with van der Waals surface area (Å²) in [5, 5.41) is 7.64. The minimum atomic E-state index is 0.346. The van der Waals surface area contributed by atoms with Gasteiger partial charge in [0.25, 0.3) is 0 Å². The van der Waals surface area contributed by atoms with Gasteiger partial charge in [0.2, 0.25) is 0 Å². The summed E-state index contributed by atoms with van der Waals surface area (Å²) < 4.78 is 1.97. The van der Waals surface area contributed by atoms with E-state index in [1.807, 2.05) is 17.8 Å². The van der Waals surface area contributed by atoms with Crippen LogP contribution >= 0.6 is 0 Å². The summed E-state index contributed by atoms with van der Waals surface area (Å²) in [7, 11) is 0. The summed E-state index contributed by atoms with van der Waals surface area (Å²) >= 11 is 0. The molecule has 18 heavy (non-hydrogen) atoms. The molecule has 2 unspecified atom stereocenters. The van der Waals surface area contributed by atoms with Gasteiger partial charge in [0.15, 0.2) is 0 Å². The van der Waals surface area contributed by atoms with Crippen LogP contribution in [0.1, 0.15) is 23.1 Å². The molecule has 94 valence electrons. The number of fused-ring (bicyclic) bond motifs is 3. The van der Waals surface area contributed by atoms with Gasteiger partial charge < -0.3 is 32.3 Å². The van der Waals surface area contributed by atoms with Crippen LogP contribution in [0, 0.1) is 6.92 Å². The van der Waals surface area contributed by atoms with Gasteiger partial charge in [0, 0.05) is 17.5 Å². The first-order valence-corrected chi connectivity index (χ1v) is 6.00. The largest absolute Gasteiger partial charge is 0.600 e. The molecule has 2 heterocycles. The number of nitrogens with two attached hydrogens (primary N) is 3. The lowest BCUT2D eigenvalue weighted by atomic mass is 10.00. The van der Waals surface area contributed by atoms with Crippen LogP contribution in [-0.4, -0.2) is 10.7 Å². The highest BCUT2D eigenvalue weighted by Crippen LogP contribution is 2.63. The fraction of sp³-hybridized carbons (Fsp3) is 0.333. The first-order chi connectivity index (χ1) is 8.61. The summed E-state index contributed by atoms with van der Waals surface area (Å²) in [4.78, 5) is 0. The van der Waals surface area contributed by atoms with E-state index in [9.17, 15) is 0 Å². The second kappa shape index (κ2) is 2.77. The lowest BCUT2D eigenvalue weighted by molar-refractivity contribution is 0.552. The fourth-order valence-electron chi connectivity index (χ4n) is 3.10. The molecular formula is C12H15N6-. The number of anilines is 4. The van der Waals surface area contributed by atoms with Crippen LogP contribution < -0.4 is 27.6 Å². The average molecular weight is 243 g/mol. The number of hydrogen-bond acceptors (Lipinski definition) is 4. The smallest absolute Gasteiger partial charge is 0.0639 e. The van der Waals surface area contributed by atoms with Gasteiger partial charge >= 0.3 is 0 Å². The molecule has 0 spiro atoms. The number of rotatable bonds is 1. The summed E-state index contributed by atoms with van der Waals surface area (Å²) in [6.45, 7) is 1.90. The van der Waals surface area contributed by atoms with E-state index in [-0.39, 0.29) is 0 Å². The maximum absolute atomic E-state index is 6.15. The van der Waals surface area contributed by atoms with Crippen molar-refractivity contribution < 1.29 is 0 Å². The number of nitrogens with zero attached hydrogens (tertiary/aromatic N) is 2. The molecule has 1 aliphatic carbocycles. The third-order valence-electron chi connectivity index (χ3n) is 4.28. The molecule has 0 saturated heterocycles. The van der Waals surface area contributed by atoms with E-state index in [0.29, 0.717) is 29.4 Å². The van der Waals surface area contributed by atoms with Gasteiger partial charge in [0.05, 0.1) is 28.8 Å². The third kappa shape index (κ3) is 0.905. The zero-order valence-electron chi connectivity index (χ0n) is 10.0. The standard InChI is InChI=1S/C12H15N6/c1-4-7(13)9(15)5-6-11(17-10(5)8(4)14)12(6)18-3-2-16-18/h2-3,6,11-12,17H,13-15H2,1H3/q-1/t6-,11?,12?/m1/s1. The minimum Gasteiger partial charge on any atom is -0.600 e. The Bertz CT molecular complexity index is 643. The number of nitrogen functional groups attached to an aromatic ring is 3. The lowest BCUT2D eigenvalue weighted by Crippen LogP contribution is -2.16. The van der Waals surface area contributed by atoms with Gasteiger partial charge in [0.1, 0.15) is 0 Å². The van der Waals surface area contributed by atoms with Crippen LogP contribution in [0.25, 0.3) is 0 Å². The molecule has 4 rings (SSSR count). The predicted molar refractivity (Wildman–Crippen MR) is 71.4 cm³/mol. The van der Waals surface area contributed by atoms with Crippen molar-refractivity contribution in [1.29, 1.82) is 0 Å². The van der Waals surface area contributed by atoms with Crippen molar-refractivity contribution in [2.24, 2.45) is 0 Å². The average Bonchev–Trinajstić information content (AvgIpc) is 2.81. The molecule has 2 aliphatic rings. The quantitative estimate of drug-likeness (QED) is 0.549. The van der Waals surface area contributed by atoms with Crippen molar-refractivity contribution in [3.63, 3.8) is 0 Å². The highest BCUT2D eigenvalue weighted by atomic mass is 15.4. The molecule has 0 radical (unpaired) electrons. The fourth-order valence-corrected chi connectivity index (χ4v) is 3.10. The molecule has 1 aromatic carbocycles. The maximum Gasteiger partial charge on any atom is 0.0639 e. The Kier molecular flexibility index (Phi) is 1.50. The highest BCUT2D eigenvalue weighted by molar-refractivity contribution is 5.93. The summed E-state index contributed by atoms with van der Waals surface area (Å²) in [5.41, 5.74) is 23.2. The van der Waals surface area contributed by atoms with E-state index in [0.717, 1.165) is 22.5 Å².